The number of carbonyl (C=O) groups is 1. The maximum Gasteiger partial charge on any atom is 1.00 e. The standard InChI is InChI=1S/C13H15Cl2NO4.Cs.H/c14-9-1-2-10(12(15)11(9)13(17)18)20-8-5-16-3-6-19-7-4-16;;/h1-2H,3-8H2,(H,17,18);;/q;+1;-1. The van der Waals surface area contributed by atoms with E-state index in [0.717, 1.165) is 32.8 Å². The first-order valence-electron chi connectivity index (χ1n) is 6.24. The molecular weight excluding hydrogens is 438 g/mol. The molecule has 0 spiro atoms. The summed E-state index contributed by atoms with van der Waals surface area (Å²) >= 11 is 11.8. The van der Waals surface area contributed by atoms with E-state index in [-0.39, 0.29) is 85.9 Å². The van der Waals surface area contributed by atoms with Crippen molar-refractivity contribution in [3.05, 3.63) is 27.7 Å². The van der Waals surface area contributed by atoms with Gasteiger partial charge in [-0.15, -0.1) is 0 Å². The van der Waals surface area contributed by atoms with Gasteiger partial charge < -0.3 is 16.0 Å². The van der Waals surface area contributed by atoms with Gasteiger partial charge in [-0.25, -0.2) is 4.79 Å². The van der Waals surface area contributed by atoms with Crippen molar-refractivity contribution in [3.8, 4) is 5.75 Å². The van der Waals surface area contributed by atoms with E-state index in [9.17, 15) is 4.79 Å². The number of ether oxygens (including phenoxy) is 2. The predicted octanol–water partition coefficient (Wildman–Crippen LogP) is -0.481. The van der Waals surface area contributed by atoms with Gasteiger partial charge in [0.05, 0.1) is 23.3 Å². The van der Waals surface area contributed by atoms with Crippen molar-refractivity contribution in [2.45, 2.75) is 0 Å². The smallest absolute Gasteiger partial charge is 1.00 e. The molecule has 1 aromatic rings. The molecular formula is C13H16Cl2CsNO4. The van der Waals surface area contributed by atoms with Crippen molar-refractivity contribution < 1.29 is 89.7 Å². The zero-order valence-electron chi connectivity index (χ0n) is 12.8. The van der Waals surface area contributed by atoms with Crippen molar-refractivity contribution in [2.75, 3.05) is 39.5 Å². The van der Waals surface area contributed by atoms with Gasteiger partial charge in [-0.2, -0.15) is 0 Å². The second-order valence-electron chi connectivity index (χ2n) is 4.34. The van der Waals surface area contributed by atoms with E-state index < -0.39 is 5.97 Å². The average Bonchev–Trinajstić information content (AvgIpc) is 2.42. The Kier molecular flexibility index (Phi) is 9.59. The SMILES string of the molecule is O=C(O)c1c(Cl)ccc(OCCN2CCOCC2)c1Cl.[Cs+].[H-]. The van der Waals surface area contributed by atoms with Gasteiger partial charge in [0.25, 0.3) is 0 Å². The van der Waals surface area contributed by atoms with E-state index in [1.807, 2.05) is 0 Å². The fraction of sp³-hybridized carbons (Fsp3) is 0.462. The largest absolute Gasteiger partial charge is 1.00 e. The predicted molar refractivity (Wildman–Crippen MR) is 77.3 cm³/mol. The van der Waals surface area contributed by atoms with Gasteiger partial charge in [0.1, 0.15) is 17.9 Å². The summed E-state index contributed by atoms with van der Waals surface area (Å²) in [6, 6.07) is 3.05. The van der Waals surface area contributed by atoms with Gasteiger partial charge in [-0.1, -0.05) is 23.2 Å². The van der Waals surface area contributed by atoms with Crippen LogP contribution in [0.1, 0.15) is 11.8 Å². The third-order valence-corrected chi connectivity index (χ3v) is 3.73. The molecule has 0 radical (unpaired) electrons. The van der Waals surface area contributed by atoms with Crippen LogP contribution < -0.4 is 73.6 Å². The minimum Gasteiger partial charge on any atom is -1.00 e. The molecule has 5 nitrogen and oxygen atoms in total. The third kappa shape index (κ3) is 5.87. The van der Waals surface area contributed by atoms with Crippen LogP contribution in [0.3, 0.4) is 0 Å². The second kappa shape index (κ2) is 10.0. The summed E-state index contributed by atoms with van der Waals surface area (Å²) in [5, 5.41) is 9.19. The van der Waals surface area contributed by atoms with Gasteiger partial charge in [0.15, 0.2) is 0 Å². The van der Waals surface area contributed by atoms with Gasteiger partial charge in [0.2, 0.25) is 0 Å². The number of hydrogen-bond acceptors (Lipinski definition) is 4. The number of nitrogens with zero attached hydrogens (tertiary/aromatic N) is 1. The number of aromatic carboxylic acids is 1. The zero-order valence-corrected chi connectivity index (χ0v) is 19.6. The van der Waals surface area contributed by atoms with Crippen molar-refractivity contribution >= 4 is 29.2 Å². The minimum atomic E-state index is -1.17. The van der Waals surface area contributed by atoms with Crippen LogP contribution in [0.5, 0.6) is 5.75 Å². The van der Waals surface area contributed by atoms with Gasteiger partial charge in [-0.05, 0) is 12.1 Å². The van der Waals surface area contributed by atoms with Crippen LogP contribution in [-0.4, -0.2) is 55.4 Å². The molecule has 0 unspecified atom stereocenters. The van der Waals surface area contributed by atoms with Crippen molar-refractivity contribution in [1.29, 1.82) is 0 Å². The Hall–Kier alpha value is 1.04. The van der Waals surface area contributed by atoms with Gasteiger partial charge >= 0.3 is 74.9 Å². The van der Waals surface area contributed by atoms with Crippen LogP contribution in [0.2, 0.25) is 10.0 Å². The minimum absolute atomic E-state index is 0. The summed E-state index contributed by atoms with van der Waals surface area (Å²) in [5.41, 5.74) is -0.128. The fourth-order valence-electron chi connectivity index (χ4n) is 1.95. The maximum absolute atomic E-state index is 11.1. The van der Waals surface area contributed by atoms with Crippen molar-refractivity contribution in [1.82, 2.24) is 4.90 Å². The fourth-order valence-corrected chi connectivity index (χ4v) is 2.54. The normalized spacial score (nSPS) is 15.3. The van der Waals surface area contributed by atoms with Crippen molar-refractivity contribution in [3.63, 3.8) is 0 Å². The van der Waals surface area contributed by atoms with Crippen molar-refractivity contribution in [2.24, 2.45) is 0 Å². The molecule has 0 aliphatic carbocycles. The molecule has 0 aromatic heterocycles. The summed E-state index contributed by atoms with van der Waals surface area (Å²) in [6.45, 7) is 4.37. The van der Waals surface area contributed by atoms with Crippen LogP contribution in [-0.2, 0) is 4.74 Å². The number of halogens is 2. The first-order valence-corrected chi connectivity index (χ1v) is 6.99. The molecule has 1 saturated heterocycles. The molecule has 2 rings (SSSR count). The number of morpholine rings is 1. The van der Waals surface area contributed by atoms with E-state index >= 15 is 0 Å². The molecule has 8 heteroatoms. The molecule has 0 atom stereocenters. The van der Waals surface area contributed by atoms with E-state index in [1.54, 1.807) is 6.07 Å². The van der Waals surface area contributed by atoms with Gasteiger partial charge in [0, 0.05) is 19.6 Å². The zero-order chi connectivity index (χ0) is 14.5. The molecule has 0 saturated carbocycles. The molecule has 1 aromatic carbocycles. The molecule has 1 aliphatic rings. The molecule has 112 valence electrons. The number of rotatable bonds is 5. The third-order valence-electron chi connectivity index (χ3n) is 3.04. The van der Waals surface area contributed by atoms with E-state index in [4.69, 9.17) is 37.8 Å². The Morgan fingerprint density at radius 2 is 2.05 bits per heavy atom. The topological polar surface area (TPSA) is 59.0 Å². The second-order valence-corrected chi connectivity index (χ2v) is 5.13. The average molecular weight is 454 g/mol. The molecule has 1 heterocycles. The summed E-state index contributed by atoms with van der Waals surface area (Å²) in [6.07, 6.45) is 0. The Morgan fingerprint density at radius 1 is 1.38 bits per heavy atom. The van der Waals surface area contributed by atoms with Gasteiger partial charge in [-0.3, -0.25) is 4.90 Å². The van der Waals surface area contributed by atoms with Crippen LogP contribution in [0.25, 0.3) is 0 Å². The summed E-state index contributed by atoms with van der Waals surface area (Å²) in [5.74, 6) is -0.833. The Morgan fingerprint density at radius 3 is 2.67 bits per heavy atom. The Balaban J connectivity index is 0.00000220. The Labute approximate surface area is 193 Å². The number of benzene rings is 1. The monoisotopic (exact) mass is 453 g/mol. The van der Waals surface area contributed by atoms with Crippen LogP contribution in [0.4, 0.5) is 0 Å². The van der Waals surface area contributed by atoms with E-state index in [2.05, 4.69) is 4.90 Å². The number of hydrogen-bond donors (Lipinski definition) is 1. The molecule has 0 bridgehead atoms. The first kappa shape index (κ1) is 20.1. The summed E-state index contributed by atoms with van der Waals surface area (Å²) in [4.78, 5) is 13.3. The van der Waals surface area contributed by atoms with Crippen LogP contribution >= 0.6 is 23.2 Å². The summed E-state index contributed by atoms with van der Waals surface area (Å²) in [7, 11) is 0. The van der Waals surface area contributed by atoms with E-state index in [0.29, 0.717) is 12.4 Å². The summed E-state index contributed by atoms with van der Waals surface area (Å²) < 4.78 is 10.8. The molecule has 1 N–H and O–H groups in total. The molecule has 21 heavy (non-hydrogen) atoms. The van der Waals surface area contributed by atoms with Crippen LogP contribution in [0, 0.1) is 0 Å². The number of carboxylic acids is 1. The van der Waals surface area contributed by atoms with E-state index in [1.165, 1.54) is 6.07 Å². The molecule has 0 amide bonds. The maximum atomic E-state index is 11.1. The molecule has 1 aliphatic heterocycles. The molecule has 1 fully saturated rings. The number of carboxylic acid groups (broad SMARTS) is 1. The van der Waals surface area contributed by atoms with Crippen LogP contribution in [0.15, 0.2) is 12.1 Å². The quantitative estimate of drug-likeness (QED) is 0.652. The Bertz CT molecular complexity index is 501. The first-order chi connectivity index (χ1) is 9.59.